The Labute approximate surface area is 142 Å². The first-order chi connectivity index (χ1) is 11.4. The third-order valence-electron chi connectivity index (χ3n) is 4.85. The van der Waals surface area contributed by atoms with E-state index in [0.29, 0.717) is 24.8 Å². The van der Waals surface area contributed by atoms with E-state index in [4.69, 9.17) is 4.74 Å². The van der Waals surface area contributed by atoms with E-state index in [1.54, 1.807) is 10.4 Å². The summed E-state index contributed by atoms with van der Waals surface area (Å²) in [5.41, 5.74) is 1.36. The van der Waals surface area contributed by atoms with Gasteiger partial charge in [-0.05, 0) is 25.3 Å². The minimum Gasteiger partial charge on any atom is -0.464 e. The van der Waals surface area contributed by atoms with Crippen LogP contribution in [-0.4, -0.2) is 72.4 Å². The summed E-state index contributed by atoms with van der Waals surface area (Å²) in [6, 6.07) is 2.17. The topological polar surface area (TPSA) is 84.7 Å². The van der Waals surface area contributed by atoms with Crippen LogP contribution in [0.2, 0.25) is 0 Å². The molecule has 0 bridgehead atoms. The fraction of sp³-hybridized carbons (Fsp3) is 0.733. The SMILES string of the molecule is COC(=O)c1cc2n(n1)CCCN(C1CCN(S(C)(=O)=O)CC1)C2. The number of hydrogen-bond acceptors (Lipinski definition) is 6. The van der Waals surface area contributed by atoms with E-state index < -0.39 is 16.0 Å². The van der Waals surface area contributed by atoms with Crippen molar-refractivity contribution in [1.29, 1.82) is 0 Å². The molecule has 9 heteroatoms. The van der Waals surface area contributed by atoms with E-state index in [1.165, 1.54) is 13.4 Å². The van der Waals surface area contributed by atoms with Gasteiger partial charge in [-0.25, -0.2) is 17.5 Å². The minimum absolute atomic E-state index is 0.348. The lowest BCUT2D eigenvalue weighted by Crippen LogP contribution is -2.46. The lowest BCUT2D eigenvalue weighted by molar-refractivity contribution is 0.0593. The predicted octanol–water partition coefficient (Wildman–Crippen LogP) is 0.299. The molecule has 0 spiro atoms. The lowest BCUT2D eigenvalue weighted by atomic mass is 10.0. The highest BCUT2D eigenvalue weighted by Gasteiger charge is 2.30. The summed E-state index contributed by atoms with van der Waals surface area (Å²) in [5, 5.41) is 4.33. The van der Waals surface area contributed by atoms with Gasteiger partial charge in [0.15, 0.2) is 5.69 Å². The van der Waals surface area contributed by atoms with Crippen LogP contribution < -0.4 is 0 Å². The maximum atomic E-state index is 11.7. The fourth-order valence-corrected chi connectivity index (χ4v) is 4.42. The lowest BCUT2D eigenvalue weighted by Gasteiger charge is -2.37. The first-order valence-corrected chi connectivity index (χ1v) is 10.1. The Morgan fingerprint density at radius 3 is 2.58 bits per heavy atom. The second-order valence-corrected chi connectivity index (χ2v) is 8.44. The molecule has 8 nitrogen and oxygen atoms in total. The quantitative estimate of drug-likeness (QED) is 0.724. The molecule has 1 saturated heterocycles. The monoisotopic (exact) mass is 356 g/mol. The summed E-state index contributed by atoms with van der Waals surface area (Å²) in [5.74, 6) is -0.413. The molecule has 3 rings (SSSR count). The van der Waals surface area contributed by atoms with Gasteiger partial charge in [0.2, 0.25) is 10.0 Å². The Morgan fingerprint density at radius 2 is 1.96 bits per heavy atom. The molecule has 0 radical (unpaired) electrons. The molecule has 1 fully saturated rings. The summed E-state index contributed by atoms with van der Waals surface area (Å²) in [7, 11) is -1.74. The molecule has 0 aromatic carbocycles. The van der Waals surface area contributed by atoms with Gasteiger partial charge in [0.25, 0.3) is 0 Å². The molecule has 24 heavy (non-hydrogen) atoms. The zero-order valence-electron chi connectivity index (χ0n) is 14.1. The van der Waals surface area contributed by atoms with Gasteiger partial charge in [-0.1, -0.05) is 0 Å². The predicted molar refractivity (Wildman–Crippen MR) is 88.0 cm³/mol. The summed E-state index contributed by atoms with van der Waals surface area (Å²) in [4.78, 5) is 14.0. The number of fused-ring (bicyclic) bond motifs is 1. The summed E-state index contributed by atoms with van der Waals surface area (Å²) < 4.78 is 31.5. The van der Waals surface area contributed by atoms with Crippen LogP contribution in [0, 0.1) is 0 Å². The van der Waals surface area contributed by atoms with Gasteiger partial charge in [0.05, 0.1) is 19.1 Å². The molecule has 1 aromatic heterocycles. The number of methoxy groups -OCH3 is 1. The first kappa shape index (κ1) is 17.4. The van der Waals surface area contributed by atoms with Gasteiger partial charge in [-0.2, -0.15) is 5.10 Å². The Hall–Kier alpha value is -1.45. The molecule has 0 unspecified atom stereocenters. The van der Waals surface area contributed by atoms with Crippen LogP contribution in [-0.2, 0) is 27.8 Å². The van der Waals surface area contributed by atoms with Gasteiger partial charge in [-0.3, -0.25) is 9.58 Å². The van der Waals surface area contributed by atoms with Crippen molar-refractivity contribution in [3.05, 3.63) is 17.5 Å². The molecule has 0 atom stereocenters. The Morgan fingerprint density at radius 1 is 1.25 bits per heavy atom. The molecular formula is C15H24N4O4S. The third kappa shape index (κ3) is 3.62. The van der Waals surface area contributed by atoms with E-state index in [2.05, 4.69) is 10.00 Å². The Bertz CT molecular complexity index is 707. The highest BCUT2D eigenvalue weighted by molar-refractivity contribution is 7.88. The Balaban J connectivity index is 1.68. The molecule has 134 valence electrons. The number of ether oxygens (including phenoxy) is 1. The molecule has 2 aliphatic heterocycles. The number of nitrogens with zero attached hydrogens (tertiary/aromatic N) is 4. The number of carbonyl (C=O) groups excluding carboxylic acids is 1. The number of piperidine rings is 1. The number of esters is 1. The van der Waals surface area contributed by atoms with Crippen molar-refractivity contribution in [3.8, 4) is 0 Å². The smallest absolute Gasteiger partial charge is 0.358 e. The maximum Gasteiger partial charge on any atom is 0.358 e. The number of sulfonamides is 1. The molecule has 0 saturated carbocycles. The van der Waals surface area contributed by atoms with Crippen molar-refractivity contribution in [2.24, 2.45) is 0 Å². The molecule has 3 heterocycles. The average Bonchev–Trinajstić information content (AvgIpc) is 2.85. The molecule has 0 N–H and O–H groups in total. The van der Waals surface area contributed by atoms with E-state index >= 15 is 0 Å². The van der Waals surface area contributed by atoms with Crippen LogP contribution in [0.4, 0.5) is 0 Å². The van der Waals surface area contributed by atoms with Gasteiger partial charge in [0, 0.05) is 38.8 Å². The number of aromatic nitrogens is 2. The number of aryl methyl sites for hydroxylation is 1. The van der Waals surface area contributed by atoms with E-state index in [0.717, 1.165) is 44.6 Å². The zero-order valence-corrected chi connectivity index (χ0v) is 15.0. The van der Waals surface area contributed by atoms with Crippen LogP contribution in [0.15, 0.2) is 6.07 Å². The van der Waals surface area contributed by atoms with Crippen LogP contribution in [0.1, 0.15) is 35.4 Å². The van der Waals surface area contributed by atoms with Gasteiger partial charge in [-0.15, -0.1) is 0 Å². The highest BCUT2D eigenvalue weighted by atomic mass is 32.2. The van der Waals surface area contributed by atoms with Crippen molar-refractivity contribution in [2.45, 2.75) is 38.4 Å². The number of rotatable bonds is 3. The zero-order chi connectivity index (χ0) is 17.3. The van der Waals surface area contributed by atoms with Crippen molar-refractivity contribution >= 4 is 16.0 Å². The van der Waals surface area contributed by atoms with Crippen molar-refractivity contribution in [1.82, 2.24) is 19.0 Å². The van der Waals surface area contributed by atoms with E-state index in [1.807, 2.05) is 4.68 Å². The number of hydrogen-bond donors (Lipinski definition) is 0. The fourth-order valence-electron chi connectivity index (χ4n) is 3.54. The normalized spacial score (nSPS) is 21.2. The molecule has 1 aromatic rings. The second kappa shape index (κ2) is 6.81. The van der Waals surface area contributed by atoms with Crippen molar-refractivity contribution in [3.63, 3.8) is 0 Å². The molecular weight excluding hydrogens is 332 g/mol. The molecule has 0 amide bonds. The average molecular weight is 356 g/mol. The van der Waals surface area contributed by atoms with Crippen LogP contribution in [0.3, 0.4) is 0 Å². The van der Waals surface area contributed by atoms with E-state index in [-0.39, 0.29) is 0 Å². The van der Waals surface area contributed by atoms with Gasteiger partial charge < -0.3 is 4.74 Å². The Kier molecular flexibility index (Phi) is 4.93. The first-order valence-electron chi connectivity index (χ1n) is 8.22. The third-order valence-corrected chi connectivity index (χ3v) is 6.15. The van der Waals surface area contributed by atoms with Crippen LogP contribution in [0.25, 0.3) is 0 Å². The summed E-state index contributed by atoms with van der Waals surface area (Å²) in [6.45, 7) is 3.62. The largest absolute Gasteiger partial charge is 0.464 e. The van der Waals surface area contributed by atoms with Crippen molar-refractivity contribution in [2.75, 3.05) is 33.0 Å². The van der Waals surface area contributed by atoms with Crippen LogP contribution in [0.5, 0.6) is 0 Å². The second-order valence-electron chi connectivity index (χ2n) is 6.45. The highest BCUT2D eigenvalue weighted by Crippen LogP contribution is 2.23. The van der Waals surface area contributed by atoms with Crippen molar-refractivity contribution < 1.29 is 17.9 Å². The molecule has 0 aliphatic carbocycles. The maximum absolute atomic E-state index is 11.7. The van der Waals surface area contributed by atoms with E-state index in [9.17, 15) is 13.2 Å². The minimum atomic E-state index is -3.10. The van der Waals surface area contributed by atoms with Crippen LogP contribution >= 0.6 is 0 Å². The summed E-state index contributed by atoms with van der Waals surface area (Å²) >= 11 is 0. The van der Waals surface area contributed by atoms with Gasteiger partial charge in [0.1, 0.15) is 0 Å². The standard InChI is InChI=1S/C15H24N4O4S/c1-23-15(20)14-10-13-11-17(6-3-7-19(13)16-14)12-4-8-18(9-5-12)24(2,21)22/h10,12H,3-9,11H2,1-2H3. The number of carbonyl (C=O) groups is 1. The summed E-state index contributed by atoms with van der Waals surface area (Å²) in [6.07, 6.45) is 3.91. The van der Waals surface area contributed by atoms with Gasteiger partial charge >= 0.3 is 5.97 Å². The molecule has 2 aliphatic rings.